The van der Waals surface area contributed by atoms with E-state index in [0.29, 0.717) is 16.6 Å². The largest absolute Gasteiger partial charge is 0.484 e. The minimum absolute atomic E-state index is 0.117. The Bertz CT molecular complexity index is 784. The summed E-state index contributed by atoms with van der Waals surface area (Å²) in [6.45, 7) is 0.348. The van der Waals surface area contributed by atoms with Crippen molar-refractivity contribution in [1.82, 2.24) is 4.90 Å². The molecule has 0 saturated heterocycles. The number of amides is 1. The smallest absolute Gasteiger partial charge is 0.260 e. The van der Waals surface area contributed by atoms with Crippen LogP contribution in [-0.2, 0) is 21.2 Å². The van der Waals surface area contributed by atoms with Crippen LogP contribution in [0.5, 0.6) is 5.75 Å². The van der Waals surface area contributed by atoms with Crippen LogP contribution in [0.3, 0.4) is 0 Å². The Hall–Kier alpha value is -1.57. The van der Waals surface area contributed by atoms with E-state index >= 15 is 0 Å². The minimum Gasteiger partial charge on any atom is -0.484 e. The standard InChI is InChI=1S/C15H16ClNO4S2/c1-17(9-12-5-8-14(16)22-12)15(18)10-21-11-3-6-13(7-4-11)23(2,19)20/h3-8H,9-10H2,1-2H3. The summed E-state index contributed by atoms with van der Waals surface area (Å²) in [5, 5.41) is 0. The maximum absolute atomic E-state index is 12.0. The number of ether oxygens (including phenoxy) is 1. The molecule has 0 N–H and O–H groups in total. The first-order valence-electron chi connectivity index (χ1n) is 6.67. The Kier molecular flexibility index (Phi) is 5.67. The molecular formula is C15H16ClNO4S2. The lowest BCUT2D eigenvalue weighted by Gasteiger charge is -2.16. The monoisotopic (exact) mass is 373 g/mol. The van der Waals surface area contributed by atoms with E-state index in [1.54, 1.807) is 18.0 Å². The van der Waals surface area contributed by atoms with Gasteiger partial charge >= 0.3 is 0 Å². The zero-order chi connectivity index (χ0) is 17.0. The van der Waals surface area contributed by atoms with Gasteiger partial charge in [0.1, 0.15) is 5.75 Å². The lowest BCUT2D eigenvalue weighted by molar-refractivity contribution is -0.132. The van der Waals surface area contributed by atoms with E-state index in [2.05, 4.69) is 0 Å². The van der Waals surface area contributed by atoms with Crippen molar-refractivity contribution in [3.05, 3.63) is 45.6 Å². The van der Waals surface area contributed by atoms with Gasteiger partial charge in [0.15, 0.2) is 16.4 Å². The number of rotatable bonds is 6. The van der Waals surface area contributed by atoms with Gasteiger partial charge in [-0.2, -0.15) is 0 Å². The summed E-state index contributed by atoms with van der Waals surface area (Å²) in [6.07, 6.45) is 1.14. The van der Waals surface area contributed by atoms with Crippen molar-refractivity contribution in [3.8, 4) is 5.75 Å². The molecule has 1 heterocycles. The summed E-state index contributed by atoms with van der Waals surface area (Å²) >= 11 is 7.28. The average molecular weight is 374 g/mol. The van der Waals surface area contributed by atoms with Crippen LogP contribution >= 0.6 is 22.9 Å². The van der Waals surface area contributed by atoms with Crippen LogP contribution in [0.15, 0.2) is 41.3 Å². The van der Waals surface area contributed by atoms with Gasteiger partial charge in [0.25, 0.3) is 5.91 Å². The molecule has 2 aromatic rings. The van der Waals surface area contributed by atoms with Crippen molar-refractivity contribution in [2.75, 3.05) is 19.9 Å². The third-order valence-corrected chi connectivity index (χ3v) is 5.41. The zero-order valence-electron chi connectivity index (χ0n) is 12.7. The highest BCUT2D eigenvalue weighted by Gasteiger charge is 2.12. The van der Waals surface area contributed by atoms with Gasteiger partial charge < -0.3 is 9.64 Å². The maximum atomic E-state index is 12.0. The third kappa shape index (κ3) is 5.23. The van der Waals surface area contributed by atoms with E-state index in [1.165, 1.54) is 35.6 Å². The van der Waals surface area contributed by atoms with Crippen molar-refractivity contribution in [2.45, 2.75) is 11.4 Å². The highest BCUT2D eigenvalue weighted by Crippen LogP contribution is 2.22. The molecule has 124 valence electrons. The Labute approximate surface area is 144 Å². The summed E-state index contributed by atoms with van der Waals surface area (Å²) in [7, 11) is -1.55. The van der Waals surface area contributed by atoms with E-state index in [9.17, 15) is 13.2 Å². The van der Waals surface area contributed by atoms with Crippen LogP contribution in [0.25, 0.3) is 0 Å². The molecule has 1 aromatic heterocycles. The summed E-state index contributed by atoms with van der Waals surface area (Å²) < 4.78 is 28.8. The highest BCUT2D eigenvalue weighted by atomic mass is 35.5. The highest BCUT2D eigenvalue weighted by molar-refractivity contribution is 7.90. The molecule has 0 spiro atoms. The number of hydrogen-bond donors (Lipinski definition) is 0. The fourth-order valence-corrected chi connectivity index (χ4v) is 3.57. The van der Waals surface area contributed by atoms with Crippen molar-refractivity contribution >= 4 is 38.7 Å². The van der Waals surface area contributed by atoms with Gasteiger partial charge in [-0.05, 0) is 36.4 Å². The lowest BCUT2D eigenvalue weighted by atomic mass is 10.3. The maximum Gasteiger partial charge on any atom is 0.260 e. The Morgan fingerprint density at radius 2 is 1.87 bits per heavy atom. The number of thiophene rings is 1. The lowest BCUT2D eigenvalue weighted by Crippen LogP contribution is -2.30. The van der Waals surface area contributed by atoms with Crippen LogP contribution in [-0.4, -0.2) is 39.1 Å². The number of carbonyl (C=O) groups is 1. The van der Waals surface area contributed by atoms with Gasteiger partial charge in [0.05, 0.1) is 15.8 Å². The van der Waals surface area contributed by atoms with Crippen LogP contribution in [0.4, 0.5) is 0 Å². The zero-order valence-corrected chi connectivity index (χ0v) is 15.0. The van der Waals surface area contributed by atoms with Crippen LogP contribution in [0.2, 0.25) is 4.34 Å². The normalized spacial score (nSPS) is 11.3. The van der Waals surface area contributed by atoms with E-state index in [1.807, 2.05) is 6.07 Å². The molecule has 1 aromatic carbocycles. The molecule has 0 unspecified atom stereocenters. The fraction of sp³-hybridized carbons (Fsp3) is 0.267. The number of halogens is 1. The summed E-state index contributed by atoms with van der Waals surface area (Å²) in [4.78, 5) is 14.8. The molecule has 0 radical (unpaired) electrons. The Morgan fingerprint density at radius 3 is 2.39 bits per heavy atom. The SMILES string of the molecule is CN(Cc1ccc(Cl)s1)C(=O)COc1ccc(S(C)(=O)=O)cc1. The Balaban J connectivity index is 1.88. The first kappa shape index (κ1) is 17.8. The molecule has 0 aliphatic heterocycles. The van der Waals surface area contributed by atoms with Gasteiger partial charge in [-0.3, -0.25) is 4.79 Å². The van der Waals surface area contributed by atoms with Gasteiger partial charge in [-0.1, -0.05) is 11.6 Å². The predicted octanol–water partition coefficient (Wildman–Crippen LogP) is 2.84. The molecule has 5 nitrogen and oxygen atoms in total. The van der Waals surface area contributed by atoms with Crippen molar-refractivity contribution in [1.29, 1.82) is 0 Å². The molecule has 0 bridgehead atoms. The van der Waals surface area contributed by atoms with Gasteiger partial charge in [-0.15, -0.1) is 11.3 Å². The second-order valence-corrected chi connectivity index (χ2v) is 8.80. The number of sulfone groups is 1. The van der Waals surface area contributed by atoms with Crippen LogP contribution < -0.4 is 4.74 Å². The molecule has 8 heteroatoms. The summed E-state index contributed by atoms with van der Waals surface area (Å²) in [5.41, 5.74) is 0. The summed E-state index contributed by atoms with van der Waals surface area (Å²) in [5.74, 6) is 0.264. The molecule has 0 fully saturated rings. The molecule has 1 amide bonds. The van der Waals surface area contributed by atoms with E-state index in [-0.39, 0.29) is 17.4 Å². The molecular weight excluding hydrogens is 358 g/mol. The number of benzene rings is 1. The van der Waals surface area contributed by atoms with E-state index in [4.69, 9.17) is 16.3 Å². The fourth-order valence-electron chi connectivity index (χ4n) is 1.80. The van der Waals surface area contributed by atoms with Crippen molar-refractivity contribution < 1.29 is 17.9 Å². The van der Waals surface area contributed by atoms with Crippen LogP contribution in [0.1, 0.15) is 4.88 Å². The number of likely N-dealkylation sites (N-methyl/N-ethyl adjacent to an activating group) is 1. The minimum atomic E-state index is -3.24. The second-order valence-electron chi connectivity index (χ2n) is 4.99. The van der Waals surface area contributed by atoms with Gasteiger partial charge in [0, 0.05) is 18.2 Å². The predicted molar refractivity (Wildman–Crippen MR) is 90.8 cm³/mol. The molecule has 0 saturated carbocycles. The molecule has 0 aliphatic rings. The third-order valence-electron chi connectivity index (χ3n) is 3.06. The topological polar surface area (TPSA) is 63.7 Å². The molecule has 23 heavy (non-hydrogen) atoms. The second kappa shape index (κ2) is 7.33. The van der Waals surface area contributed by atoms with Crippen LogP contribution in [0, 0.1) is 0 Å². The molecule has 2 rings (SSSR count). The summed E-state index contributed by atoms with van der Waals surface area (Å²) in [6, 6.07) is 9.63. The first-order chi connectivity index (χ1) is 10.8. The van der Waals surface area contributed by atoms with E-state index in [0.717, 1.165) is 11.1 Å². The number of carbonyl (C=O) groups excluding carboxylic acids is 1. The quantitative estimate of drug-likeness (QED) is 0.781. The number of nitrogens with zero attached hydrogens (tertiary/aromatic N) is 1. The van der Waals surface area contributed by atoms with Crippen molar-refractivity contribution in [2.24, 2.45) is 0 Å². The van der Waals surface area contributed by atoms with E-state index < -0.39 is 9.84 Å². The average Bonchev–Trinajstić information content (AvgIpc) is 2.89. The van der Waals surface area contributed by atoms with Crippen molar-refractivity contribution in [3.63, 3.8) is 0 Å². The number of hydrogen-bond acceptors (Lipinski definition) is 5. The molecule has 0 aliphatic carbocycles. The van der Waals surface area contributed by atoms with Gasteiger partial charge in [0.2, 0.25) is 0 Å². The Morgan fingerprint density at radius 1 is 1.22 bits per heavy atom. The molecule has 0 atom stereocenters. The first-order valence-corrected chi connectivity index (χ1v) is 9.75. The van der Waals surface area contributed by atoms with Gasteiger partial charge in [-0.25, -0.2) is 8.42 Å².